The number of carbonyl (C=O) groups is 2. The Kier molecular flexibility index (Phi) is 4.16. The number of carbonyl (C=O) groups excluding carboxylic acids is 1. The highest BCUT2D eigenvalue weighted by Gasteiger charge is 2.21. The number of aromatic hydroxyl groups is 2. The van der Waals surface area contributed by atoms with Crippen molar-refractivity contribution in [3.8, 4) is 23.8 Å². The van der Waals surface area contributed by atoms with Gasteiger partial charge in [-0.25, -0.2) is 4.79 Å². The molecule has 0 radical (unpaired) electrons. The number of carboxylic acid groups (broad SMARTS) is 1. The summed E-state index contributed by atoms with van der Waals surface area (Å²) < 4.78 is 0. The van der Waals surface area contributed by atoms with Gasteiger partial charge in [-0.3, -0.25) is 4.79 Å². The number of amides is 1. The molecule has 18 heavy (non-hydrogen) atoms. The van der Waals surface area contributed by atoms with Crippen LogP contribution in [0.15, 0.2) is 18.2 Å². The number of phenols is 2. The van der Waals surface area contributed by atoms with Crippen molar-refractivity contribution in [2.24, 2.45) is 0 Å². The van der Waals surface area contributed by atoms with Crippen LogP contribution in [0.1, 0.15) is 16.8 Å². The molecule has 0 aliphatic rings. The summed E-state index contributed by atoms with van der Waals surface area (Å²) in [5, 5.41) is 29.6. The maximum absolute atomic E-state index is 11.7. The van der Waals surface area contributed by atoms with E-state index >= 15 is 0 Å². The molecule has 0 saturated carbocycles. The van der Waals surface area contributed by atoms with E-state index in [1.165, 1.54) is 6.07 Å². The van der Waals surface area contributed by atoms with E-state index in [9.17, 15) is 19.8 Å². The number of aliphatic carboxylic acids is 1. The summed E-state index contributed by atoms with van der Waals surface area (Å²) in [5.74, 6) is -0.566. The van der Waals surface area contributed by atoms with E-state index in [1.54, 1.807) is 0 Å². The summed E-state index contributed by atoms with van der Waals surface area (Å²) in [5.41, 5.74) is -0.224. The molecule has 0 aromatic heterocycles. The Bertz CT molecular complexity index is 518. The van der Waals surface area contributed by atoms with E-state index < -0.39 is 17.9 Å². The Morgan fingerprint density at radius 3 is 2.61 bits per heavy atom. The number of rotatable bonds is 4. The number of terminal acetylenes is 1. The van der Waals surface area contributed by atoms with Crippen molar-refractivity contribution in [2.45, 2.75) is 12.5 Å². The van der Waals surface area contributed by atoms with Crippen molar-refractivity contribution in [1.82, 2.24) is 5.32 Å². The smallest absolute Gasteiger partial charge is 0.327 e. The van der Waals surface area contributed by atoms with Crippen molar-refractivity contribution in [2.75, 3.05) is 0 Å². The van der Waals surface area contributed by atoms with Gasteiger partial charge >= 0.3 is 5.97 Å². The summed E-state index contributed by atoms with van der Waals surface area (Å²) in [4.78, 5) is 22.5. The largest absolute Gasteiger partial charge is 0.508 e. The third-order valence-electron chi connectivity index (χ3n) is 2.15. The molecule has 0 saturated heterocycles. The number of nitrogens with one attached hydrogen (secondary N) is 1. The van der Waals surface area contributed by atoms with Gasteiger partial charge in [0.1, 0.15) is 17.5 Å². The maximum atomic E-state index is 11.7. The lowest BCUT2D eigenvalue weighted by Crippen LogP contribution is -2.40. The molecule has 1 aromatic rings. The van der Waals surface area contributed by atoms with Gasteiger partial charge in [0.2, 0.25) is 0 Å². The fourth-order valence-electron chi connectivity index (χ4n) is 1.26. The second-order valence-corrected chi connectivity index (χ2v) is 3.47. The Labute approximate surface area is 103 Å². The number of benzene rings is 1. The van der Waals surface area contributed by atoms with Crippen molar-refractivity contribution in [3.05, 3.63) is 23.8 Å². The molecule has 6 heteroatoms. The first-order chi connectivity index (χ1) is 8.45. The van der Waals surface area contributed by atoms with Crippen LogP contribution >= 0.6 is 0 Å². The van der Waals surface area contributed by atoms with Crippen molar-refractivity contribution < 1.29 is 24.9 Å². The fraction of sp³-hybridized carbons (Fsp3) is 0.167. The molecule has 1 unspecified atom stereocenters. The Morgan fingerprint density at radius 1 is 1.39 bits per heavy atom. The summed E-state index contributed by atoms with van der Waals surface area (Å²) in [6.45, 7) is 0. The van der Waals surface area contributed by atoms with Gasteiger partial charge in [-0.15, -0.1) is 12.3 Å². The molecular weight excluding hydrogens is 238 g/mol. The minimum Gasteiger partial charge on any atom is -0.508 e. The highest BCUT2D eigenvalue weighted by molar-refractivity contribution is 5.99. The van der Waals surface area contributed by atoms with Crippen LogP contribution in [0.25, 0.3) is 0 Å². The predicted octanol–water partition coefficient (Wildman–Crippen LogP) is 0.304. The average molecular weight is 249 g/mol. The SMILES string of the molecule is C#CCC(NC(=O)c1cc(O)ccc1O)C(=O)O. The van der Waals surface area contributed by atoms with Gasteiger partial charge in [0.15, 0.2) is 0 Å². The standard InChI is InChI=1S/C12H11NO5/c1-2-3-9(12(17)18)13-11(16)8-6-7(14)4-5-10(8)15/h1,4-6,9,14-15H,3H2,(H,13,16)(H,17,18). The second-order valence-electron chi connectivity index (χ2n) is 3.47. The summed E-state index contributed by atoms with van der Waals surface area (Å²) in [6.07, 6.45) is 4.80. The molecule has 0 spiro atoms. The summed E-state index contributed by atoms with van der Waals surface area (Å²) >= 11 is 0. The molecule has 1 amide bonds. The quantitative estimate of drug-likeness (QED) is 0.453. The third kappa shape index (κ3) is 3.15. The molecule has 1 rings (SSSR count). The first-order valence-electron chi connectivity index (χ1n) is 4.94. The van der Waals surface area contributed by atoms with Crippen LogP contribution in [0.3, 0.4) is 0 Å². The molecule has 0 fully saturated rings. The lowest BCUT2D eigenvalue weighted by atomic mass is 10.1. The number of hydrogen-bond acceptors (Lipinski definition) is 4. The molecule has 1 atom stereocenters. The van der Waals surface area contributed by atoms with Crippen LogP contribution in [0.2, 0.25) is 0 Å². The zero-order valence-electron chi connectivity index (χ0n) is 9.25. The van der Waals surface area contributed by atoms with Gasteiger partial charge in [0.05, 0.1) is 5.56 Å². The topological polar surface area (TPSA) is 107 Å². The van der Waals surface area contributed by atoms with Gasteiger partial charge < -0.3 is 20.6 Å². The van der Waals surface area contributed by atoms with Crippen molar-refractivity contribution in [3.63, 3.8) is 0 Å². The Hall–Kier alpha value is -2.68. The fourth-order valence-corrected chi connectivity index (χ4v) is 1.26. The number of phenolic OH excluding ortho intramolecular Hbond substituents is 2. The summed E-state index contributed by atoms with van der Waals surface area (Å²) in [7, 11) is 0. The molecule has 94 valence electrons. The van der Waals surface area contributed by atoms with Crippen LogP contribution < -0.4 is 5.32 Å². The van der Waals surface area contributed by atoms with Crippen LogP contribution in [0.5, 0.6) is 11.5 Å². The average Bonchev–Trinajstić information content (AvgIpc) is 2.31. The zero-order valence-corrected chi connectivity index (χ0v) is 9.25. The molecule has 4 N–H and O–H groups in total. The lowest BCUT2D eigenvalue weighted by molar-refractivity contribution is -0.139. The van der Waals surface area contributed by atoms with Gasteiger partial charge in [0, 0.05) is 6.42 Å². The van der Waals surface area contributed by atoms with E-state index in [-0.39, 0.29) is 23.5 Å². The van der Waals surface area contributed by atoms with Gasteiger partial charge in [-0.05, 0) is 18.2 Å². The first kappa shape index (κ1) is 13.4. The van der Waals surface area contributed by atoms with Crippen LogP contribution in [0.4, 0.5) is 0 Å². The monoisotopic (exact) mass is 249 g/mol. The van der Waals surface area contributed by atoms with Crippen LogP contribution in [-0.2, 0) is 4.79 Å². The maximum Gasteiger partial charge on any atom is 0.327 e. The van der Waals surface area contributed by atoms with Gasteiger partial charge in [-0.2, -0.15) is 0 Å². The molecule has 0 heterocycles. The highest BCUT2D eigenvalue weighted by atomic mass is 16.4. The van der Waals surface area contributed by atoms with E-state index in [1.807, 2.05) is 0 Å². The normalized spacial score (nSPS) is 11.3. The second kappa shape index (κ2) is 5.59. The lowest BCUT2D eigenvalue weighted by Gasteiger charge is -2.12. The number of carboxylic acids is 1. The summed E-state index contributed by atoms with van der Waals surface area (Å²) in [6, 6.07) is 2.10. The van der Waals surface area contributed by atoms with Crippen LogP contribution in [0, 0.1) is 12.3 Å². The number of hydrogen-bond donors (Lipinski definition) is 4. The zero-order chi connectivity index (χ0) is 13.7. The minimum absolute atomic E-state index is 0.180. The highest BCUT2D eigenvalue weighted by Crippen LogP contribution is 2.21. The van der Waals surface area contributed by atoms with Crippen molar-refractivity contribution >= 4 is 11.9 Å². The minimum atomic E-state index is -1.28. The molecule has 0 aliphatic heterocycles. The molecule has 0 bridgehead atoms. The predicted molar refractivity (Wildman–Crippen MR) is 62.1 cm³/mol. The van der Waals surface area contributed by atoms with E-state index in [2.05, 4.69) is 11.2 Å². The van der Waals surface area contributed by atoms with Crippen LogP contribution in [-0.4, -0.2) is 33.2 Å². The molecule has 1 aromatic carbocycles. The molecule has 6 nitrogen and oxygen atoms in total. The molecule has 0 aliphatic carbocycles. The Balaban J connectivity index is 2.91. The third-order valence-corrected chi connectivity index (χ3v) is 2.15. The Morgan fingerprint density at radius 2 is 2.06 bits per heavy atom. The van der Waals surface area contributed by atoms with Gasteiger partial charge in [0.25, 0.3) is 5.91 Å². The van der Waals surface area contributed by atoms with E-state index in [0.717, 1.165) is 12.1 Å². The van der Waals surface area contributed by atoms with E-state index in [4.69, 9.17) is 11.5 Å². The first-order valence-corrected chi connectivity index (χ1v) is 4.94. The van der Waals surface area contributed by atoms with E-state index in [0.29, 0.717) is 0 Å². The van der Waals surface area contributed by atoms with Gasteiger partial charge in [-0.1, -0.05) is 0 Å². The van der Waals surface area contributed by atoms with Crippen molar-refractivity contribution in [1.29, 1.82) is 0 Å². The molecular formula is C12H11NO5.